The molecular weight excluding hydrogens is 290 g/mol. The van der Waals surface area contributed by atoms with Crippen molar-refractivity contribution in [2.24, 2.45) is 0 Å². The smallest absolute Gasteiger partial charge is 0.220 e. The first-order valence-electron chi connectivity index (χ1n) is 7.07. The summed E-state index contributed by atoms with van der Waals surface area (Å²) in [6.45, 7) is 1.95. The molecule has 4 rings (SSSR count). The molecule has 0 radical (unpaired) electrons. The third-order valence-electron chi connectivity index (χ3n) is 3.50. The summed E-state index contributed by atoms with van der Waals surface area (Å²) < 4.78 is 1.72. The van der Waals surface area contributed by atoms with Gasteiger partial charge in [-0.15, -0.1) is 0 Å². The molecule has 0 saturated heterocycles. The molecule has 0 aliphatic heterocycles. The van der Waals surface area contributed by atoms with Crippen LogP contribution in [0.1, 0.15) is 5.69 Å². The van der Waals surface area contributed by atoms with E-state index in [0.29, 0.717) is 5.69 Å². The van der Waals surface area contributed by atoms with E-state index in [0.717, 1.165) is 28.2 Å². The largest absolute Gasteiger partial charge is 0.368 e. The topological polar surface area (TPSA) is 94.9 Å². The lowest BCUT2D eigenvalue weighted by Crippen LogP contribution is -1.96. The number of rotatable bonds is 2. The van der Waals surface area contributed by atoms with Gasteiger partial charge in [0.2, 0.25) is 5.95 Å². The predicted molar refractivity (Wildman–Crippen MR) is 86.4 cm³/mol. The second-order valence-corrected chi connectivity index (χ2v) is 5.10. The number of hydrogen-bond donors (Lipinski definition) is 1. The Morgan fingerprint density at radius 3 is 2.74 bits per heavy atom. The molecule has 0 spiro atoms. The minimum absolute atomic E-state index is 0.221. The molecular formula is C16H13N7. The average Bonchev–Trinajstić information content (AvgIpc) is 2.94. The van der Waals surface area contributed by atoms with Gasteiger partial charge in [-0.1, -0.05) is 6.07 Å². The lowest BCUT2D eigenvalue weighted by Gasteiger charge is -2.03. The van der Waals surface area contributed by atoms with Gasteiger partial charge >= 0.3 is 0 Å². The van der Waals surface area contributed by atoms with E-state index in [4.69, 9.17) is 5.73 Å². The molecule has 0 aliphatic rings. The summed E-state index contributed by atoms with van der Waals surface area (Å²) in [7, 11) is 0. The van der Waals surface area contributed by atoms with E-state index in [9.17, 15) is 0 Å². The first-order chi connectivity index (χ1) is 11.2. The van der Waals surface area contributed by atoms with Crippen LogP contribution in [0, 0.1) is 6.92 Å². The van der Waals surface area contributed by atoms with E-state index >= 15 is 0 Å². The van der Waals surface area contributed by atoms with Crippen molar-refractivity contribution in [3.63, 3.8) is 0 Å². The number of aromatic nitrogens is 6. The number of aryl methyl sites for hydroxylation is 1. The van der Waals surface area contributed by atoms with E-state index in [1.165, 1.54) is 0 Å². The van der Waals surface area contributed by atoms with E-state index < -0.39 is 0 Å². The number of nitrogens with two attached hydrogens (primary N) is 1. The molecule has 4 aromatic heterocycles. The van der Waals surface area contributed by atoms with Crippen LogP contribution in [-0.4, -0.2) is 29.5 Å². The Labute approximate surface area is 131 Å². The normalized spacial score (nSPS) is 11.0. The summed E-state index contributed by atoms with van der Waals surface area (Å²) >= 11 is 0. The Morgan fingerprint density at radius 2 is 1.91 bits per heavy atom. The third kappa shape index (κ3) is 2.28. The van der Waals surface area contributed by atoms with E-state index in [2.05, 4.69) is 25.0 Å². The van der Waals surface area contributed by atoms with Crippen molar-refractivity contribution in [2.75, 3.05) is 5.73 Å². The average molecular weight is 303 g/mol. The Balaban J connectivity index is 2.06. The highest BCUT2D eigenvalue weighted by Crippen LogP contribution is 2.33. The van der Waals surface area contributed by atoms with Crippen molar-refractivity contribution < 1.29 is 0 Å². The molecule has 23 heavy (non-hydrogen) atoms. The zero-order chi connectivity index (χ0) is 15.8. The van der Waals surface area contributed by atoms with Crippen LogP contribution >= 0.6 is 0 Å². The van der Waals surface area contributed by atoms with Crippen LogP contribution in [-0.2, 0) is 0 Å². The molecule has 7 nitrogen and oxygen atoms in total. The number of pyridine rings is 1. The molecule has 0 fully saturated rings. The van der Waals surface area contributed by atoms with Crippen molar-refractivity contribution in [3.05, 3.63) is 54.7 Å². The maximum absolute atomic E-state index is 5.74. The van der Waals surface area contributed by atoms with Crippen molar-refractivity contribution in [1.29, 1.82) is 0 Å². The van der Waals surface area contributed by atoms with Crippen LogP contribution in [0.2, 0.25) is 0 Å². The highest BCUT2D eigenvalue weighted by Gasteiger charge is 2.18. The molecule has 112 valence electrons. The highest BCUT2D eigenvalue weighted by molar-refractivity contribution is 5.89. The van der Waals surface area contributed by atoms with Crippen LogP contribution in [0.5, 0.6) is 0 Å². The van der Waals surface area contributed by atoms with Gasteiger partial charge in [0.05, 0.1) is 22.5 Å². The van der Waals surface area contributed by atoms with Gasteiger partial charge in [-0.2, -0.15) is 5.10 Å². The van der Waals surface area contributed by atoms with Gasteiger partial charge in [0.25, 0.3) is 0 Å². The van der Waals surface area contributed by atoms with Gasteiger partial charge in [-0.25, -0.2) is 19.5 Å². The lowest BCUT2D eigenvalue weighted by atomic mass is 10.1. The van der Waals surface area contributed by atoms with Crippen LogP contribution in [0.4, 0.5) is 5.95 Å². The Morgan fingerprint density at radius 1 is 1.00 bits per heavy atom. The summed E-state index contributed by atoms with van der Waals surface area (Å²) in [5.41, 5.74) is 10.6. The fraction of sp³-hybridized carbons (Fsp3) is 0.0625. The Kier molecular flexibility index (Phi) is 2.97. The molecule has 0 aromatic carbocycles. The first-order valence-corrected chi connectivity index (χ1v) is 7.07. The Bertz CT molecular complexity index is 1010. The number of hydrogen-bond acceptors (Lipinski definition) is 6. The van der Waals surface area contributed by atoms with Crippen LogP contribution < -0.4 is 5.73 Å². The molecule has 2 N–H and O–H groups in total. The van der Waals surface area contributed by atoms with E-state index in [-0.39, 0.29) is 5.95 Å². The molecule has 0 saturated carbocycles. The Hall–Kier alpha value is -3.35. The predicted octanol–water partition coefficient (Wildman–Crippen LogP) is 2.14. The number of fused-ring (bicyclic) bond motifs is 1. The zero-order valence-electron chi connectivity index (χ0n) is 12.4. The number of nitrogens with zero attached hydrogens (tertiary/aromatic N) is 6. The van der Waals surface area contributed by atoms with Crippen LogP contribution in [0.25, 0.3) is 28.2 Å². The lowest BCUT2D eigenvalue weighted by molar-refractivity contribution is 0.922. The third-order valence-corrected chi connectivity index (χ3v) is 3.50. The number of nitrogen functional groups attached to an aromatic ring is 1. The monoisotopic (exact) mass is 303 g/mol. The summed E-state index contributed by atoms with van der Waals surface area (Å²) in [6.07, 6.45) is 5.01. The summed E-state index contributed by atoms with van der Waals surface area (Å²) in [6, 6.07) is 9.53. The molecule has 4 aromatic rings. The van der Waals surface area contributed by atoms with E-state index in [1.807, 2.05) is 37.3 Å². The van der Waals surface area contributed by atoms with Crippen molar-refractivity contribution in [2.45, 2.75) is 6.92 Å². The van der Waals surface area contributed by atoms with Crippen LogP contribution in [0.3, 0.4) is 0 Å². The maximum atomic E-state index is 5.74. The summed E-state index contributed by atoms with van der Waals surface area (Å²) in [5, 5.41) is 4.62. The van der Waals surface area contributed by atoms with Crippen molar-refractivity contribution >= 4 is 11.5 Å². The van der Waals surface area contributed by atoms with Crippen molar-refractivity contribution in [1.82, 2.24) is 29.5 Å². The van der Waals surface area contributed by atoms with Gasteiger partial charge < -0.3 is 5.73 Å². The standard InChI is InChI=1S/C16H13N7/c1-10-3-2-4-12(20-10)15-14(11-5-8-19-16(17)21-11)13-6-7-18-9-23(13)22-15/h2-9H,1H3,(H2,17,19,21). The van der Waals surface area contributed by atoms with Gasteiger partial charge in [0.1, 0.15) is 12.0 Å². The minimum atomic E-state index is 0.221. The van der Waals surface area contributed by atoms with Gasteiger partial charge in [-0.3, -0.25) is 4.98 Å². The van der Waals surface area contributed by atoms with Crippen LogP contribution in [0.15, 0.2) is 49.1 Å². The minimum Gasteiger partial charge on any atom is -0.368 e. The molecule has 4 heterocycles. The van der Waals surface area contributed by atoms with E-state index in [1.54, 1.807) is 23.2 Å². The van der Waals surface area contributed by atoms with Gasteiger partial charge in [0, 0.05) is 18.1 Å². The molecule has 0 atom stereocenters. The molecule has 0 amide bonds. The molecule has 7 heteroatoms. The summed E-state index contributed by atoms with van der Waals surface area (Å²) in [5.74, 6) is 0.221. The SMILES string of the molecule is Cc1cccc(-c2nn3cnccc3c2-c2ccnc(N)n2)n1. The second-order valence-electron chi connectivity index (χ2n) is 5.10. The highest BCUT2D eigenvalue weighted by atomic mass is 15.2. The van der Waals surface area contributed by atoms with Crippen molar-refractivity contribution in [3.8, 4) is 22.6 Å². The second kappa shape index (κ2) is 5.13. The quantitative estimate of drug-likeness (QED) is 0.609. The molecule has 0 unspecified atom stereocenters. The maximum Gasteiger partial charge on any atom is 0.220 e. The van der Waals surface area contributed by atoms with Gasteiger partial charge in [-0.05, 0) is 31.2 Å². The fourth-order valence-electron chi connectivity index (χ4n) is 2.53. The zero-order valence-corrected chi connectivity index (χ0v) is 12.4. The molecule has 0 aliphatic carbocycles. The molecule has 0 bridgehead atoms. The first kappa shape index (κ1) is 13.3. The fourth-order valence-corrected chi connectivity index (χ4v) is 2.53. The van der Waals surface area contributed by atoms with Gasteiger partial charge in [0.15, 0.2) is 0 Å². The number of anilines is 1. The summed E-state index contributed by atoms with van der Waals surface area (Å²) in [4.78, 5) is 17.0.